The van der Waals surface area contributed by atoms with Gasteiger partial charge in [-0.05, 0) is 36.6 Å². The minimum Gasteiger partial charge on any atom is -0.497 e. The highest BCUT2D eigenvalue weighted by atomic mass is 16.5. The Labute approximate surface area is 147 Å². The highest BCUT2D eigenvalue weighted by Crippen LogP contribution is 2.32. The summed E-state index contributed by atoms with van der Waals surface area (Å²) in [5, 5.41) is 4.13. The van der Waals surface area contributed by atoms with E-state index in [0.717, 1.165) is 37.0 Å². The van der Waals surface area contributed by atoms with Crippen LogP contribution in [0.1, 0.15) is 47.8 Å². The molecule has 0 unspecified atom stereocenters. The molecule has 0 bridgehead atoms. The number of amides is 1. The van der Waals surface area contributed by atoms with Crippen LogP contribution in [0.3, 0.4) is 0 Å². The summed E-state index contributed by atoms with van der Waals surface area (Å²) in [5.74, 6) is 0.674. The molecule has 25 heavy (non-hydrogen) atoms. The molecule has 0 aliphatic carbocycles. The van der Waals surface area contributed by atoms with Crippen LogP contribution < -0.4 is 10.3 Å². The lowest BCUT2D eigenvalue weighted by Crippen LogP contribution is -2.36. The number of carbonyl (C=O) groups excluding carboxylic acids is 1. The number of benzene rings is 1. The van der Waals surface area contributed by atoms with Crippen LogP contribution in [0.4, 0.5) is 0 Å². The van der Waals surface area contributed by atoms with E-state index >= 15 is 0 Å². The maximum atomic E-state index is 13.0. The fourth-order valence-corrected chi connectivity index (χ4v) is 3.29. The van der Waals surface area contributed by atoms with Crippen LogP contribution in [0.25, 0.3) is 0 Å². The Hall–Kier alpha value is -2.63. The number of likely N-dealkylation sites (tertiary alicyclic amines) is 1. The van der Waals surface area contributed by atoms with Crippen molar-refractivity contribution < 1.29 is 9.53 Å². The van der Waals surface area contributed by atoms with E-state index in [1.54, 1.807) is 14.2 Å². The summed E-state index contributed by atoms with van der Waals surface area (Å²) in [6.45, 7) is 0.694. The molecule has 6 heteroatoms. The monoisotopic (exact) mass is 341 g/mol. The molecular weight excluding hydrogens is 318 g/mol. The highest BCUT2D eigenvalue weighted by molar-refractivity contribution is 5.92. The Balaban J connectivity index is 1.92. The SMILES string of the molecule is COc1ccc([C@@H]2CCCCCN2C(=O)c2ccc(=O)n(C)n2)cc1. The number of rotatable bonds is 3. The van der Waals surface area contributed by atoms with E-state index in [2.05, 4.69) is 5.10 Å². The lowest BCUT2D eigenvalue weighted by Gasteiger charge is -2.30. The maximum absolute atomic E-state index is 13.0. The number of hydrogen-bond donors (Lipinski definition) is 0. The zero-order chi connectivity index (χ0) is 17.8. The summed E-state index contributed by atoms with van der Waals surface area (Å²) in [7, 11) is 3.20. The van der Waals surface area contributed by atoms with E-state index < -0.39 is 0 Å². The standard InChI is InChI=1S/C19H23N3O3/c1-21-18(23)12-11-16(20-21)19(24)22-13-5-3-4-6-17(22)14-7-9-15(25-2)10-8-14/h7-12,17H,3-6,13H2,1-2H3/t17-/m0/s1. The zero-order valence-electron chi connectivity index (χ0n) is 14.6. The molecule has 6 nitrogen and oxygen atoms in total. The molecule has 1 atom stereocenters. The first-order valence-electron chi connectivity index (χ1n) is 8.59. The van der Waals surface area contributed by atoms with Gasteiger partial charge in [0.25, 0.3) is 11.5 Å². The fraction of sp³-hybridized carbons (Fsp3) is 0.421. The summed E-state index contributed by atoms with van der Waals surface area (Å²) < 4.78 is 6.43. The predicted octanol–water partition coefficient (Wildman–Crippen LogP) is 2.55. The molecule has 1 amide bonds. The van der Waals surface area contributed by atoms with Gasteiger partial charge in [-0.15, -0.1) is 0 Å². The molecule has 1 aliphatic heterocycles. The number of hydrogen-bond acceptors (Lipinski definition) is 4. The molecule has 1 saturated heterocycles. The van der Waals surface area contributed by atoms with Crippen LogP contribution >= 0.6 is 0 Å². The summed E-state index contributed by atoms with van der Waals surface area (Å²) in [6.07, 6.45) is 4.09. The van der Waals surface area contributed by atoms with Gasteiger partial charge in [0.05, 0.1) is 13.2 Å². The van der Waals surface area contributed by atoms with Crippen LogP contribution in [0, 0.1) is 0 Å². The molecule has 0 radical (unpaired) electrons. The first-order chi connectivity index (χ1) is 12.1. The van der Waals surface area contributed by atoms with E-state index in [0.29, 0.717) is 12.2 Å². The summed E-state index contributed by atoms with van der Waals surface area (Å²) in [6, 6.07) is 10.8. The molecular formula is C19H23N3O3. The number of nitrogens with zero attached hydrogens (tertiary/aromatic N) is 3. The summed E-state index contributed by atoms with van der Waals surface area (Å²) in [5.41, 5.74) is 1.18. The second-order valence-electron chi connectivity index (χ2n) is 6.32. The second-order valence-corrected chi connectivity index (χ2v) is 6.32. The molecule has 0 spiro atoms. The van der Waals surface area contributed by atoms with Crippen LogP contribution in [0.15, 0.2) is 41.2 Å². The predicted molar refractivity (Wildman–Crippen MR) is 94.7 cm³/mol. The first kappa shape index (κ1) is 17.2. The van der Waals surface area contributed by atoms with Gasteiger partial charge in [-0.3, -0.25) is 9.59 Å². The second kappa shape index (κ2) is 7.51. The minimum atomic E-state index is -0.223. The Morgan fingerprint density at radius 3 is 2.56 bits per heavy atom. The average molecular weight is 341 g/mol. The van der Waals surface area contributed by atoms with Gasteiger partial charge in [0.2, 0.25) is 0 Å². The Morgan fingerprint density at radius 1 is 1.12 bits per heavy atom. The molecule has 132 valence electrons. The first-order valence-corrected chi connectivity index (χ1v) is 8.59. The molecule has 1 aromatic carbocycles. The van der Waals surface area contributed by atoms with Crippen molar-refractivity contribution in [2.75, 3.05) is 13.7 Å². The number of aryl methyl sites for hydroxylation is 1. The lowest BCUT2D eigenvalue weighted by molar-refractivity contribution is 0.0672. The third-order valence-corrected chi connectivity index (χ3v) is 4.69. The van der Waals surface area contributed by atoms with Gasteiger partial charge in [0.1, 0.15) is 11.4 Å². The molecule has 1 fully saturated rings. The Kier molecular flexibility index (Phi) is 5.16. The number of ether oxygens (including phenoxy) is 1. The van der Waals surface area contributed by atoms with Crippen LogP contribution in [-0.4, -0.2) is 34.2 Å². The van der Waals surface area contributed by atoms with Gasteiger partial charge < -0.3 is 9.64 Å². The molecule has 1 aliphatic rings. The Morgan fingerprint density at radius 2 is 1.88 bits per heavy atom. The summed E-state index contributed by atoms with van der Waals surface area (Å²) >= 11 is 0. The number of carbonyl (C=O) groups is 1. The van der Waals surface area contributed by atoms with Gasteiger partial charge in [-0.25, -0.2) is 4.68 Å². The average Bonchev–Trinajstić information content (AvgIpc) is 2.89. The maximum Gasteiger partial charge on any atom is 0.274 e. The quantitative estimate of drug-likeness (QED) is 0.861. The minimum absolute atomic E-state index is 0.0138. The molecule has 0 saturated carbocycles. The van der Waals surface area contributed by atoms with Crippen molar-refractivity contribution >= 4 is 5.91 Å². The third kappa shape index (κ3) is 3.73. The van der Waals surface area contributed by atoms with Gasteiger partial charge >= 0.3 is 0 Å². The van der Waals surface area contributed by atoms with E-state index in [1.165, 1.54) is 16.8 Å². The molecule has 2 aromatic rings. The zero-order valence-corrected chi connectivity index (χ0v) is 14.6. The highest BCUT2D eigenvalue weighted by Gasteiger charge is 2.28. The third-order valence-electron chi connectivity index (χ3n) is 4.69. The lowest BCUT2D eigenvalue weighted by atomic mass is 10.0. The van der Waals surface area contributed by atoms with Gasteiger partial charge in [-0.2, -0.15) is 5.10 Å². The molecule has 2 heterocycles. The van der Waals surface area contributed by atoms with Crippen molar-refractivity contribution in [1.82, 2.24) is 14.7 Å². The number of aromatic nitrogens is 2. The van der Waals surface area contributed by atoms with Crippen molar-refractivity contribution in [2.24, 2.45) is 7.05 Å². The van der Waals surface area contributed by atoms with Crippen molar-refractivity contribution in [2.45, 2.75) is 31.7 Å². The number of methoxy groups -OCH3 is 1. The van der Waals surface area contributed by atoms with Crippen LogP contribution in [-0.2, 0) is 7.05 Å². The van der Waals surface area contributed by atoms with Gasteiger partial charge in [0.15, 0.2) is 0 Å². The van der Waals surface area contributed by atoms with Crippen molar-refractivity contribution in [3.8, 4) is 5.75 Å². The van der Waals surface area contributed by atoms with Crippen molar-refractivity contribution in [3.63, 3.8) is 0 Å². The summed E-state index contributed by atoms with van der Waals surface area (Å²) in [4.78, 5) is 26.5. The van der Waals surface area contributed by atoms with E-state index in [4.69, 9.17) is 4.74 Å². The van der Waals surface area contributed by atoms with Crippen LogP contribution in [0.2, 0.25) is 0 Å². The van der Waals surface area contributed by atoms with Crippen molar-refractivity contribution in [3.05, 3.63) is 58.0 Å². The normalized spacial score (nSPS) is 17.8. The molecule has 3 rings (SSSR count). The smallest absolute Gasteiger partial charge is 0.274 e. The van der Waals surface area contributed by atoms with E-state index in [-0.39, 0.29) is 17.5 Å². The van der Waals surface area contributed by atoms with Crippen LogP contribution in [0.5, 0.6) is 5.75 Å². The largest absolute Gasteiger partial charge is 0.497 e. The van der Waals surface area contributed by atoms with Gasteiger partial charge in [-0.1, -0.05) is 25.0 Å². The topological polar surface area (TPSA) is 64.4 Å². The molecule has 0 N–H and O–H groups in total. The fourth-order valence-electron chi connectivity index (χ4n) is 3.29. The molecule has 1 aromatic heterocycles. The Bertz CT molecular complexity index is 798. The van der Waals surface area contributed by atoms with Crippen molar-refractivity contribution in [1.29, 1.82) is 0 Å². The van der Waals surface area contributed by atoms with E-state index in [1.807, 2.05) is 29.2 Å². The van der Waals surface area contributed by atoms with Gasteiger partial charge in [0, 0.05) is 19.7 Å². The van der Waals surface area contributed by atoms with E-state index in [9.17, 15) is 9.59 Å².